The molecule has 1 aromatic rings. The van der Waals surface area contributed by atoms with E-state index in [4.69, 9.17) is 5.73 Å². The SMILES string of the molecule is CCN(CC(C)(C)O)c1cc(N)c(C)cn1. The van der Waals surface area contributed by atoms with E-state index in [9.17, 15) is 5.11 Å². The van der Waals surface area contributed by atoms with Gasteiger partial charge in [0.05, 0.1) is 5.60 Å². The molecule has 0 spiro atoms. The Morgan fingerprint density at radius 1 is 1.50 bits per heavy atom. The number of nitrogens with two attached hydrogens (primary N) is 1. The average Bonchev–Trinajstić information content (AvgIpc) is 2.17. The second kappa shape index (κ2) is 4.70. The third kappa shape index (κ3) is 3.38. The Labute approximate surface area is 97.1 Å². The van der Waals surface area contributed by atoms with Crippen LogP contribution < -0.4 is 10.6 Å². The van der Waals surface area contributed by atoms with E-state index in [1.807, 2.05) is 24.8 Å². The van der Waals surface area contributed by atoms with Crippen LogP contribution in [0.1, 0.15) is 26.3 Å². The molecule has 1 heterocycles. The number of aromatic nitrogens is 1. The van der Waals surface area contributed by atoms with Gasteiger partial charge in [-0.2, -0.15) is 0 Å². The van der Waals surface area contributed by atoms with Crippen molar-refractivity contribution in [1.82, 2.24) is 4.98 Å². The molecule has 0 unspecified atom stereocenters. The largest absolute Gasteiger partial charge is 0.398 e. The molecular formula is C12H21N3O. The summed E-state index contributed by atoms with van der Waals surface area (Å²) in [6, 6.07) is 1.85. The molecule has 0 bridgehead atoms. The van der Waals surface area contributed by atoms with Crippen LogP contribution in [0.5, 0.6) is 0 Å². The zero-order valence-corrected chi connectivity index (χ0v) is 10.5. The van der Waals surface area contributed by atoms with Crippen LogP contribution >= 0.6 is 0 Å². The second-order valence-corrected chi connectivity index (χ2v) is 4.73. The maximum Gasteiger partial charge on any atom is 0.130 e. The number of likely N-dealkylation sites (N-methyl/N-ethyl adjacent to an activating group) is 1. The quantitative estimate of drug-likeness (QED) is 0.813. The monoisotopic (exact) mass is 223 g/mol. The van der Waals surface area contributed by atoms with E-state index >= 15 is 0 Å². The van der Waals surface area contributed by atoms with Crippen molar-refractivity contribution in [1.29, 1.82) is 0 Å². The molecule has 0 saturated carbocycles. The van der Waals surface area contributed by atoms with Crippen LogP contribution in [-0.2, 0) is 0 Å². The van der Waals surface area contributed by atoms with Crippen molar-refractivity contribution < 1.29 is 5.11 Å². The van der Waals surface area contributed by atoms with Gasteiger partial charge < -0.3 is 15.7 Å². The lowest BCUT2D eigenvalue weighted by Gasteiger charge is -2.29. The van der Waals surface area contributed by atoms with Gasteiger partial charge in [0.25, 0.3) is 0 Å². The predicted octanol–water partition coefficient (Wildman–Crippen LogP) is 1.57. The molecule has 0 aliphatic carbocycles. The maximum atomic E-state index is 9.80. The molecule has 1 rings (SSSR count). The van der Waals surface area contributed by atoms with Gasteiger partial charge in [-0.25, -0.2) is 4.98 Å². The molecule has 4 heteroatoms. The fourth-order valence-corrected chi connectivity index (χ4v) is 1.52. The highest BCUT2D eigenvalue weighted by Gasteiger charge is 2.18. The van der Waals surface area contributed by atoms with Gasteiger partial charge in [0.2, 0.25) is 0 Å². The second-order valence-electron chi connectivity index (χ2n) is 4.73. The van der Waals surface area contributed by atoms with E-state index in [2.05, 4.69) is 4.98 Å². The summed E-state index contributed by atoms with van der Waals surface area (Å²) in [6.45, 7) is 8.86. The van der Waals surface area contributed by atoms with Gasteiger partial charge in [0.15, 0.2) is 0 Å². The first-order valence-corrected chi connectivity index (χ1v) is 5.53. The lowest BCUT2D eigenvalue weighted by atomic mass is 10.1. The van der Waals surface area contributed by atoms with Crippen LogP contribution in [0.15, 0.2) is 12.3 Å². The fourth-order valence-electron chi connectivity index (χ4n) is 1.52. The number of hydrogen-bond donors (Lipinski definition) is 2. The minimum Gasteiger partial charge on any atom is -0.398 e. The topological polar surface area (TPSA) is 62.4 Å². The van der Waals surface area contributed by atoms with Gasteiger partial charge >= 0.3 is 0 Å². The summed E-state index contributed by atoms with van der Waals surface area (Å²) in [6.07, 6.45) is 1.76. The van der Waals surface area contributed by atoms with Crippen molar-refractivity contribution >= 4 is 11.5 Å². The fraction of sp³-hybridized carbons (Fsp3) is 0.583. The van der Waals surface area contributed by atoms with Gasteiger partial charge in [-0.1, -0.05) is 0 Å². The summed E-state index contributed by atoms with van der Waals surface area (Å²) >= 11 is 0. The number of rotatable bonds is 4. The van der Waals surface area contributed by atoms with E-state index in [1.165, 1.54) is 0 Å². The Kier molecular flexibility index (Phi) is 3.75. The maximum absolute atomic E-state index is 9.80. The van der Waals surface area contributed by atoms with Crippen molar-refractivity contribution in [2.24, 2.45) is 0 Å². The van der Waals surface area contributed by atoms with Gasteiger partial charge in [-0.15, -0.1) is 0 Å². The number of pyridine rings is 1. The Morgan fingerprint density at radius 3 is 2.56 bits per heavy atom. The number of nitrogens with zero attached hydrogens (tertiary/aromatic N) is 2. The summed E-state index contributed by atoms with van der Waals surface area (Å²) in [4.78, 5) is 6.34. The van der Waals surface area contributed by atoms with Crippen LogP contribution in [0, 0.1) is 6.92 Å². The van der Waals surface area contributed by atoms with Crippen LogP contribution in [0.2, 0.25) is 0 Å². The molecule has 4 nitrogen and oxygen atoms in total. The molecular weight excluding hydrogens is 202 g/mol. The minimum absolute atomic E-state index is 0.541. The van der Waals surface area contributed by atoms with Gasteiger partial charge in [-0.05, 0) is 33.3 Å². The van der Waals surface area contributed by atoms with Crippen LogP contribution in [-0.4, -0.2) is 28.8 Å². The van der Waals surface area contributed by atoms with E-state index in [-0.39, 0.29) is 0 Å². The zero-order valence-electron chi connectivity index (χ0n) is 10.5. The molecule has 90 valence electrons. The summed E-state index contributed by atoms with van der Waals surface area (Å²) < 4.78 is 0. The number of aryl methyl sites for hydroxylation is 1. The Bertz CT molecular complexity index is 358. The summed E-state index contributed by atoms with van der Waals surface area (Å²) in [5, 5.41) is 9.80. The van der Waals surface area contributed by atoms with Crippen LogP contribution in [0.25, 0.3) is 0 Å². The highest BCUT2D eigenvalue weighted by atomic mass is 16.3. The highest BCUT2D eigenvalue weighted by Crippen LogP contribution is 2.19. The standard InChI is InChI=1S/C12H21N3O/c1-5-15(8-12(3,4)16)11-6-10(13)9(2)7-14-11/h6-7,16H,5,8H2,1-4H3,(H2,13,14). The molecule has 0 aromatic carbocycles. The van der Waals surface area contributed by atoms with Crippen molar-refractivity contribution in [3.63, 3.8) is 0 Å². The van der Waals surface area contributed by atoms with Crippen molar-refractivity contribution in [2.45, 2.75) is 33.3 Å². The lowest BCUT2D eigenvalue weighted by Crippen LogP contribution is -2.39. The Balaban J connectivity index is 2.91. The molecule has 1 aromatic heterocycles. The number of nitrogen functional groups attached to an aromatic ring is 1. The third-order valence-electron chi connectivity index (χ3n) is 2.41. The molecule has 0 saturated heterocycles. The molecule has 0 fully saturated rings. The number of hydrogen-bond acceptors (Lipinski definition) is 4. The van der Waals surface area contributed by atoms with Gasteiger partial charge in [0.1, 0.15) is 5.82 Å². The molecule has 16 heavy (non-hydrogen) atoms. The molecule has 3 N–H and O–H groups in total. The van der Waals surface area contributed by atoms with Crippen molar-refractivity contribution in [3.05, 3.63) is 17.8 Å². The van der Waals surface area contributed by atoms with E-state index in [0.29, 0.717) is 6.54 Å². The van der Waals surface area contributed by atoms with E-state index in [0.717, 1.165) is 23.6 Å². The number of anilines is 2. The summed E-state index contributed by atoms with van der Waals surface area (Å²) in [5.74, 6) is 0.813. The Hall–Kier alpha value is -1.29. The smallest absolute Gasteiger partial charge is 0.130 e. The Morgan fingerprint density at radius 2 is 2.12 bits per heavy atom. The summed E-state index contributed by atoms with van der Waals surface area (Å²) in [5.41, 5.74) is 6.82. The first-order chi connectivity index (χ1) is 7.33. The molecule has 0 aliphatic heterocycles. The number of aliphatic hydroxyl groups is 1. The summed E-state index contributed by atoms with van der Waals surface area (Å²) in [7, 11) is 0. The first-order valence-electron chi connectivity index (χ1n) is 5.53. The van der Waals surface area contributed by atoms with Crippen molar-refractivity contribution in [2.75, 3.05) is 23.7 Å². The molecule has 0 atom stereocenters. The molecule has 0 radical (unpaired) electrons. The van der Waals surface area contributed by atoms with Gasteiger partial charge in [0, 0.05) is 31.0 Å². The zero-order chi connectivity index (χ0) is 12.3. The lowest BCUT2D eigenvalue weighted by molar-refractivity contribution is 0.0874. The first kappa shape index (κ1) is 12.8. The highest BCUT2D eigenvalue weighted by molar-refractivity contribution is 5.54. The van der Waals surface area contributed by atoms with Crippen molar-refractivity contribution in [3.8, 4) is 0 Å². The van der Waals surface area contributed by atoms with E-state index in [1.54, 1.807) is 20.0 Å². The third-order valence-corrected chi connectivity index (χ3v) is 2.41. The predicted molar refractivity (Wildman–Crippen MR) is 67.6 cm³/mol. The molecule has 0 amide bonds. The van der Waals surface area contributed by atoms with Crippen LogP contribution in [0.3, 0.4) is 0 Å². The average molecular weight is 223 g/mol. The van der Waals surface area contributed by atoms with Crippen LogP contribution in [0.4, 0.5) is 11.5 Å². The molecule has 0 aliphatic rings. The van der Waals surface area contributed by atoms with Gasteiger partial charge in [-0.3, -0.25) is 0 Å². The van der Waals surface area contributed by atoms with E-state index < -0.39 is 5.60 Å². The minimum atomic E-state index is -0.739. The normalized spacial score (nSPS) is 11.6.